The van der Waals surface area contributed by atoms with E-state index in [4.69, 9.17) is 14.7 Å². The van der Waals surface area contributed by atoms with Gasteiger partial charge < -0.3 is 10.1 Å². The Balaban J connectivity index is 2.39. The fourth-order valence-corrected chi connectivity index (χ4v) is 3.23. The second kappa shape index (κ2) is 6.56. The highest BCUT2D eigenvalue weighted by Crippen LogP contribution is 2.41. The predicted molar refractivity (Wildman–Crippen MR) is 90.0 cm³/mol. The number of ether oxygens (including phenoxy) is 1. The van der Waals surface area contributed by atoms with E-state index in [0.717, 1.165) is 46.2 Å². The van der Waals surface area contributed by atoms with Crippen LogP contribution >= 0.6 is 22.6 Å². The monoisotopic (exact) mass is 389 g/mol. The van der Waals surface area contributed by atoms with Crippen molar-refractivity contribution in [2.24, 2.45) is 5.92 Å². The molecule has 0 aliphatic heterocycles. The van der Waals surface area contributed by atoms with Gasteiger partial charge >= 0.3 is 0 Å². The molecule has 0 saturated heterocycles. The maximum absolute atomic E-state index is 5.89. The van der Waals surface area contributed by atoms with Gasteiger partial charge in [-0.3, -0.25) is 0 Å². The van der Waals surface area contributed by atoms with Crippen LogP contribution in [-0.2, 0) is 10.3 Å². The largest absolute Gasteiger partial charge is 0.370 e. The zero-order valence-corrected chi connectivity index (χ0v) is 15.0. The lowest BCUT2D eigenvalue weighted by molar-refractivity contribution is -0.0597. The fourth-order valence-electron chi connectivity index (χ4n) is 2.80. The number of hydrogen-bond donors (Lipinski definition) is 1. The van der Waals surface area contributed by atoms with Crippen molar-refractivity contribution in [1.29, 1.82) is 0 Å². The van der Waals surface area contributed by atoms with E-state index in [1.54, 1.807) is 7.11 Å². The van der Waals surface area contributed by atoms with Gasteiger partial charge in [0.05, 0.1) is 9.26 Å². The van der Waals surface area contributed by atoms with Gasteiger partial charge in [-0.1, -0.05) is 6.92 Å². The molecule has 112 valence electrons. The van der Waals surface area contributed by atoms with E-state index in [0.29, 0.717) is 0 Å². The van der Waals surface area contributed by atoms with Crippen molar-refractivity contribution in [1.82, 2.24) is 9.97 Å². The Bertz CT molecular complexity index is 470. The number of anilines is 1. The number of hydrogen-bond acceptors (Lipinski definition) is 4. The van der Waals surface area contributed by atoms with Gasteiger partial charge in [0, 0.05) is 13.7 Å². The lowest BCUT2D eigenvalue weighted by atomic mass is 9.79. The first-order valence-corrected chi connectivity index (χ1v) is 8.44. The maximum Gasteiger partial charge on any atom is 0.162 e. The third-order valence-corrected chi connectivity index (χ3v) is 5.53. The number of aromatic nitrogens is 2. The molecule has 1 aliphatic carbocycles. The van der Waals surface area contributed by atoms with Gasteiger partial charge in [-0.15, -0.1) is 0 Å². The molecular weight excluding hydrogens is 365 g/mol. The summed E-state index contributed by atoms with van der Waals surface area (Å²) in [4.78, 5) is 9.48. The van der Waals surface area contributed by atoms with Crippen LogP contribution in [-0.4, -0.2) is 23.6 Å². The average Bonchev–Trinajstić information content (AvgIpc) is 2.45. The first-order chi connectivity index (χ1) is 9.52. The van der Waals surface area contributed by atoms with Crippen molar-refractivity contribution in [3.05, 3.63) is 15.1 Å². The molecule has 0 radical (unpaired) electrons. The molecule has 1 N–H and O–H groups in total. The Morgan fingerprint density at radius 1 is 1.35 bits per heavy atom. The molecule has 1 heterocycles. The molecule has 0 aromatic carbocycles. The van der Waals surface area contributed by atoms with Gasteiger partial charge in [0.15, 0.2) is 5.82 Å². The van der Waals surface area contributed by atoms with E-state index in [2.05, 4.69) is 41.8 Å². The van der Waals surface area contributed by atoms with Gasteiger partial charge in [0.1, 0.15) is 11.4 Å². The van der Waals surface area contributed by atoms with Crippen LogP contribution in [0.1, 0.15) is 51.0 Å². The lowest BCUT2D eigenvalue weighted by Crippen LogP contribution is -2.35. The van der Waals surface area contributed by atoms with Crippen LogP contribution in [0, 0.1) is 16.4 Å². The SMILES string of the molecule is CCNc1nc(C2(OC)CCC(C)CC2)nc(C)c1I. The van der Waals surface area contributed by atoms with Gasteiger partial charge in [-0.25, -0.2) is 9.97 Å². The Morgan fingerprint density at radius 2 is 2.00 bits per heavy atom. The van der Waals surface area contributed by atoms with Crippen LogP contribution in [0.25, 0.3) is 0 Å². The first-order valence-electron chi connectivity index (χ1n) is 7.36. The quantitative estimate of drug-likeness (QED) is 0.795. The van der Waals surface area contributed by atoms with Crippen molar-refractivity contribution < 1.29 is 4.74 Å². The van der Waals surface area contributed by atoms with Gasteiger partial charge in [-0.2, -0.15) is 0 Å². The molecule has 0 bridgehead atoms. The molecule has 5 heteroatoms. The van der Waals surface area contributed by atoms with Crippen LogP contribution in [0.15, 0.2) is 0 Å². The summed E-state index contributed by atoms with van der Waals surface area (Å²) in [6.07, 6.45) is 4.38. The van der Waals surface area contributed by atoms with Gasteiger partial charge in [-0.05, 0) is 68.0 Å². The normalized spacial score (nSPS) is 26.6. The molecule has 1 aliphatic rings. The van der Waals surface area contributed by atoms with E-state index in [-0.39, 0.29) is 5.60 Å². The summed E-state index contributed by atoms with van der Waals surface area (Å²) in [5.74, 6) is 2.56. The Morgan fingerprint density at radius 3 is 2.55 bits per heavy atom. The number of nitrogens with zero attached hydrogens (tertiary/aromatic N) is 2. The maximum atomic E-state index is 5.89. The molecule has 0 spiro atoms. The summed E-state index contributed by atoms with van der Waals surface area (Å²) in [6.45, 7) is 7.30. The topological polar surface area (TPSA) is 47.0 Å². The number of nitrogens with one attached hydrogen (secondary N) is 1. The minimum atomic E-state index is -0.300. The minimum absolute atomic E-state index is 0.300. The second-order valence-electron chi connectivity index (χ2n) is 5.71. The standard InChI is InChI=1S/C15H24IN3O/c1-5-17-13-12(16)11(3)18-14(19-13)15(20-4)8-6-10(2)7-9-15/h10H,5-9H2,1-4H3,(H,17,18,19). The van der Waals surface area contributed by atoms with Crippen LogP contribution in [0.2, 0.25) is 0 Å². The highest BCUT2D eigenvalue weighted by atomic mass is 127. The number of methoxy groups -OCH3 is 1. The smallest absolute Gasteiger partial charge is 0.162 e. The van der Waals surface area contributed by atoms with Crippen molar-refractivity contribution in [3.8, 4) is 0 Å². The van der Waals surface area contributed by atoms with E-state index >= 15 is 0 Å². The predicted octanol–water partition coefficient (Wildman–Crippen LogP) is 3.87. The molecule has 1 aromatic heterocycles. The van der Waals surface area contributed by atoms with Gasteiger partial charge in [0.2, 0.25) is 0 Å². The molecule has 0 unspecified atom stereocenters. The zero-order valence-electron chi connectivity index (χ0n) is 12.8. The van der Waals surface area contributed by atoms with Crippen LogP contribution in [0.4, 0.5) is 5.82 Å². The summed E-state index contributed by atoms with van der Waals surface area (Å²) < 4.78 is 6.99. The first kappa shape index (κ1) is 15.9. The van der Waals surface area contributed by atoms with E-state index < -0.39 is 0 Å². The molecule has 0 amide bonds. The Labute approximate surface area is 135 Å². The van der Waals surface area contributed by atoms with Crippen molar-refractivity contribution in [3.63, 3.8) is 0 Å². The average molecular weight is 389 g/mol. The third kappa shape index (κ3) is 3.08. The third-order valence-electron chi connectivity index (χ3n) is 4.24. The summed E-state index contributed by atoms with van der Waals surface area (Å²) >= 11 is 2.31. The number of aryl methyl sites for hydroxylation is 1. The molecule has 2 rings (SSSR count). The Hall–Kier alpha value is -0.430. The highest BCUT2D eigenvalue weighted by molar-refractivity contribution is 14.1. The van der Waals surface area contributed by atoms with Crippen LogP contribution in [0.3, 0.4) is 0 Å². The highest BCUT2D eigenvalue weighted by Gasteiger charge is 2.39. The molecule has 1 saturated carbocycles. The molecular formula is C15H24IN3O. The molecule has 4 nitrogen and oxygen atoms in total. The zero-order chi connectivity index (χ0) is 14.8. The molecule has 1 aromatic rings. The molecule has 0 atom stereocenters. The van der Waals surface area contributed by atoms with Crippen LogP contribution < -0.4 is 5.32 Å². The van der Waals surface area contributed by atoms with Crippen molar-refractivity contribution in [2.45, 2.75) is 52.1 Å². The summed E-state index contributed by atoms with van der Waals surface area (Å²) in [6, 6.07) is 0. The number of rotatable bonds is 4. The van der Waals surface area contributed by atoms with E-state index in [1.165, 1.54) is 12.8 Å². The lowest BCUT2D eigenvalue weighted by Gasteiger charge is -2.37. The van der Waals surface area contributed by atoms with Crippen LogP contribution in [0.5, 0.6) is 0 Å². The minimum Gasteiger partial charge on any atom is -0.370 e. The van der Waals surface area contributed by atoms with E-state index in [9.17, 15) is 0 Å². The summed E-state index contributed by atoms with van der Waals surface area (Å²) in [7, 11) is 1.79. The van der Waals surface area contributed by atoms with Crippen molar-refractivity contribution >= 4 is 28.4 Å². The molecule has 1 fully saturated rings. The summed E-state index contributed by atoms with van der Waals surface area (Å²) in [5, 5.41) is 3.33. The Kier molecular flexibility index (Phi) is 5.23. The van der Waals surface area contributed by atoms with E-state index in [1.807, 2.05) is 6.92 Å². The number of halogens is 1. The molecule has 20 heavy (non-hydrogen) atoms. The fraction of sp³-hybridized carbons (Fsp3) is 0.733. The van der Waals surface area contributed by atoms with Gasteiger partial charge in [0.25, 0.3) is 0 Å². The second-order valence-corrected chi connectivity index (χ2v) is 6.79. The summed E-state index contributed by atoms with van der Waals surface area (Å²) in [5.41, 5.74) is 0.729. The van der Waals surface area contributed by atoms with Crippen molar-refractivity contribution in [2.75, 3.05) is 19.0 Å².